The van der Waals surface area contributed by atoms with Crippen LogP contribution in [-0.4, -0.2) is 23.3 Å². The molecule has 2 heterocycles. The molecule has 0 unspecified atom stereocenters. The van der Waals surface area contributed by atoms with Crippen molar-refractivity contribution in [3.8, 4) is 5.75 Å². The summed E-state index contributed by atoms with van der Waals surface area (Å²) in [5.41, 5.74) is 1.30. The van der Waals surface area contributed by atoms with E-state index >= 15 is 0 Å². The first-order valence-corrected chi connectivity index (χ1v) is 10.3. The first-order chi connectivity index (χ1) is 15.0. The van der Waals surface area contributed by atoms with Crippen LogP contribution in [-0.2, 0) is 16.1 Å². The van der Waals surface area contributed by atoms with Gasteiger partial charge >= 0.3 is 0 Å². The topological polar surface area (TPSA) is 71.8 Å². The van der Waals surface area contributed by atoms with Crippen LogP contribution in [0.15, 0.2) is 71.0 Å². The molecule has 4 rings (SSSR count). The number of anilines is 1. The number of nitrogens with one attached hydrogen (secondary N) is 1. The van der Waals surface area contributed by atoms with Crippen molar-refractivity contribution in [3.05, 3.63) is 87.9 Å². The van der Waals surface area contributed by atoms with Gasteiger partial charge in [-0.05, 0) is 43.3 Å². The average molecular weight is 457 g/mol. The Labute approximate surface area is 189 Å². The fourth-order valence-electron chi connectivity index (χ4n) is 3.31. The van der Waals surface area contributed by atoms with E-state index in [0.29, 0.717) is 34.4 Å². The molecular weight excluding hydrogens is 439 g/mol. The summed E-state index contributed by atoms with van der Waals surface area (Å²) >= 11 is 12.4. The molecule has 2 aromatic carbocycles. The molecule has 2 amide bonds. The van der Waals surface area contributed by atoms with E-state index < -0.39 is 11.8 Å². The van der Waals surface area contributed by atoms with Gasteiger partial charge in [0.2, 0.25) is 0 Å². The fraction of sp³-hybridized carbons (Fsp3) is 0.130. The molecule has 0 saturated heterocycles. The number of carbonyl (C=O) groups excluding carboxylic acids is 2. The highest BCUT2D eigenvalue weighted by Gasteiger charge is 2.40. The average Bonchev–Trinajstić information content (AvgIpc) is 3.33. The van der Waals surface area contributed by atoms with E-state index in [0.717, 1.165) is 4.90 Å². The van der Waals surface area contributed by atoms with E-state index in [2.05, 4.69) is 5.32 Å². The number of rotatable bonds is 7. The maximum atomic E-state index is 13.3. The second-order valence-corrected chi connectivity index (χ2v) is 7.58. The predicted molar refractivity (Wildman–Crippen MR) is 119 cm³/mol. The summed E-state index contributed by atoms with van der Waals surface area (Å²) in [7, 11) is 0. The highest BCUT2D eigenvalue weighted by atomic mass is 35.5. The minimum absolute atomic E-state index is 0.00351. The quantitative estimate of drug-likeness (QED) is 0.483. The van der Waals surface area contributed by atoms with Crippen LogP contribution in [0.1, 0.15) is 18.2 Å². The molecule has 0 fully saturated rings. The number of halogens is 2. The summed E-state index contributed by atoms with van der Waals surface area (Å²) in [5, 5.41) is 3.78. The third-order valence-electron chi connectivity index (χ3n) is 4.68. The lowest BCUT2D eigenvalue weighted by Gasteiger charge is -2.14. The van der Waals surface area contributed by atoms with Gasteiger partial charge in [-0.25, -0.2) is 0 Å². The van der Waals surface area contributed by atoms with E-state index in [1.165, 1.54) is 12.3 Å². The maximum absolute atomic E-state index is 13.3. The standard InChI is InChI=1S/C23H18Cl2N2O4/c1-2-30-16-6-3-5-15(12-16)26-21-20(18-9-8-14(24)11-19(18)25)22(28)27(23(21)29)13-17-7-4-10-31-17/h3-12,26H,2,13H2,1H3. The molecule has 6 nitrogen and oxygen atoms in total. The van der Waals surface area contributed by atoms with E-state index in [1.807, 2.05) is 13.0 Å². The Kier molecular flexibility index (Phi) is 6.02. The molecule has 8 heteroatoms. The second kappa shape index (κ2) is 8.88. The monoisotopic (exact) mass is 456 g/mol. The summed E-state index contributed by atoms with van der Waals surface area (Å²) in [6.07, 6.45) is 1.49. The lowest BCUT2D eigenvalue weighted by atomic mass is 10.0. The van der Waals surface area contributed by atoms with Gasteiger partial charge in [0.05, 0.1) is 30.0 Å². The van der Waals surface area contributed by atoms with E-state index in [1.54, 1.807) is 42.5 Å². The third kappa shape index (κ3) is 4.31. The molecule has 3 aromatic rings. The second-order valence-electron chi connectivity index (χ2n) is 6.74. The van der Waals surface area contributed by atoms with Gasteiger partial charge < -0.3 is 14.5 Å². The van der Waals surface area contributed by atoms with Crippen molar-refractivity contribution in [1.29, 1.82) is 0 Å². The molecule has 0 spiro atoms. The Hall–Kier alpha value is -3.22. The Bertz CT molecular complexity index is 1170. The van der Waals surface area contributed by atoms with Gasteiger partial charge in [0.25, 0.3) is 11.8 Å². The van der Waals surface area contributed by atoms with Gasteiger partial charge in [0, 0.05) is 22.3 Å². The Morgan fingerprint density at radius 2 is 1.87 bits per heavy atom. The molecule has 0 aliphatic carbocycles. The zero-order chi connectivity index (χ0) is 22.0. The number of carbonyl (C=O) groups is 2. The van der Waals surface area contributed by atoms with Gasteiger partial charge in [-0.2, -0.15) is 0 Å². The number of hydrogen-bond donors (Lipinski definition) is 1. The van der Waals surface area contributed by atoms with Crippen molar-refractivity contribution >= 4 is 46.3 Å². The van der Waals surface area contributed by atoms with Crippen molar-refractivity contribution in [3.63, 3.8) is 0 Å². The van der Waals surface area contributed by atoms with Crippen LogP contribution >= 0.6 is 23.2 Å². The fourth-order valence-corrected chi connectivity index (χ4v) is 3.81. The lowest BCUT2D eigenvalue weighted by Crippen LogP contribution is -2.31. The highest BCUT2D eigenvalue weighted by molar-refractivity contribution is 6.41. The van der Waals surface area contributed by atoms with Crippen LogP contribution in [0.2, 0.25) is 10.0 Å². The normalized spacial score (nSPS) is 13.8. The Morgan fingerprint density at radius 1 is 1.03 bits per heavy atom. The van der Waals surface area contributed by atoms with Crippen molar-refractivity contribution in [2.45, 2.75) is 13.5 Å². The summed E-state index contributed by atoms with van der Waals surface area (Å²) < 4.78 is 10.9. The smallest absolute Gasteiger partial charge is 0.278 e. The summed E-state index contributed by atoms with van der Waals surface area (Å²) in [5.74, 6) is 0.171. The third-order valence-corrected chi connectivity index (χ3v) is 5.22. The van der Waals surface area contributed by atoms with Crippen LogP contribution in [0.3, 0.4) is 0 Å². The van der Waals surface area contributed by atoms with Crippen molar-refractivity contribution in [1.82, 2.24) is 4.90 Å². The SMILES string of the molecule is CCOc1cccc(NC2=C(c3ccc(Cl)cc3Cl)C(=O)N(Cc3ccco3)C2=O)c1. The predicted octanol–water partition coefficient (Wildman–Crippen LogP) is 5.38. The van der Waals surface area contributed by atoms with Crippen LogP contribution in [0, 0.1) is 0 Å². The van der Waals surface area contributed by atoms with Crippen LogP contribution < -0.4 is 10.1 Å². The van der Waals surface area contributed by atoms with Crippen molar-refractivity contribution < 1.29 is 18.7 Å². The zero-order valence-electron chi connectivity index (χ0n) is 16.5. The molecule has 0 radical (unpaired) electrons. The van der Waals surface area contributed by atoms with E-state index in [-0.39, 0.29) is 22.8 Å². The number of benzene rings is 2. The van der Waals surface area contributed by atoms with Crippen LogP contribution in [0.25, 0.3) is 5.57 Å². The first kappa shape index (κ1) is 21.0. The molecule has 31 heavy (non-hydrogen) atoms. The van der Waals surface area contributed by atoms with Gasteiger partial charge in [-0.1, -0.05) is 35.3 Å². The maximum Gasteiger partial charge on any atom is 0.278 e. The highest BCUT2D eigenvalue weighted by Crippen LogP contribution is 2.36. The van der Waals surface area contributed by atoms with Crippen molar-refractivity contribution in [2.75, 3.05) is 11.9 Å². The molecule has 0 bridgehead atoms. The molecule has 158 valence electrons. The largest absolute Gasteiger partial charge is 0.494 e. The number of imide groups is 1. The Balaban J connectivity index is 1.77. The number of furan rings is 1. The number of amides is 2. The zero-order valence-corrected chi connectivity index (χ0v) is 18.0. The van der Waals surface area contributed by atoms with Gasteiger partial charge in [-0.3, -0.25) is 14.5 Å². The van der Waals surface area contributed by atoms with Gasteiger partial charge in [0.1, 0.15) is 17.2 Å². The molecule has 1 aromatic heterocycles. The summed E-state index contributed by atoms with van der Waals surface area (Å²) in [6, 6.07) is 15.3. The summed E-state index contributed by atoms with van der Waals surface area (Å²) in [6.45, 7) is 2.39. The van der Waals surface area contributed by atoms with Gasteiger partial charge in [0.15, 0.2) is 0 Å². The number of ether oxygens (including phenoxy) is 1. The molecule has 1 aliphatic heterocycles. The van der Waals surface area contributed by atoms with Crippen LogP contribution in [0.5, 0.6) is 5.75 Å². The molecule has 1 aliphatic rings. The first-order valence-electron chi connectivity index (χ1n) is 9.56. The van der Waals surface area contributed by atoms with Crippen LogP contribution in [0.4, 0.5) is 5.69 Å². The molecule has 0 atom stereocenters. The summed E-state index contributed by atoms with van der Waals surface area (Å²) in [4.78, 5) is 27.7. The molecule has 0 saturated carbocycles. The number of nitrogens with zero attached hydrogens (tertiary/aromatic N) is 1. The molecule has 1 N–H and O–H groups in total. The lowest BCUT2D eigenvalue weighted by molar-refractivity contribution is -0.137. The van der Waals surface area contributed by atoms with E-state index in [9.17, 15) is 9.59 Å². The minimum atomic E-state index is -0.482. The van der Waals surface area contributed by atoms with Gasteiger partial charge in [-0.15, -0.1) is 0 Å². The van der Waals surface area contributed by atoms with E-state index in [4.69, 9.17) is 32.4 Å². The van der Waals surface area contributed by atoms with Crippen molar-refractivity contribution in [2.24, 2.45) is 0 Å². The minimum Gasteiger partial charge on any atom is -0.494 e. The Morgan fingerprint density at radius 3 is 2.58 bits per heavy atom. The number of hydrogen-bond acceptors (Lipinski definition) is 5. The molecular formula is C23H18Cl2N2O4.